The predicted octanol–water partition coefficient (Wildman–Crippen LogP) is 6.75. The fourth-order valence-corrected chi connectivity index (χ4v) is 14.5. The first-order valence-electron chi connectivity index (χ1n) is 22.7. The van der Waals surface area contributed by atoms with E-state index in [1.807, 2.05) is 6.07 Å². The highest BCUT2D eigenvalue weighted by Gasteiger charge is 2.91. The van der Waals surface area contributed by atoms with Crippen molar-refractivity contribution in [3.8, 4) is 0 Å². The van der Waals surface area contributed by atoms with Crippen LogP contribution in [0.1, 0.15) is 126 Å². The van der Waals surface area contributed by atoms with Crippen LogP contribution in [-0.2, 0) is 33.2 Å². The summed E-state index contributed by atoms with van der Waals surface area (Å²) < 4.78 is 38.8. The van der Waals surface area contributed by atoms with Gasteiger partial charge in [-0.25, -0.2) is 4.79 Å². The van der Waals surface area contributed by atoms with Crippen molar-refractivity contribution in [2.75, 3.05) is 48.6 Å². The molecule has 1 heterocycles. The number of carbonyl (C=O) groups is 2. The molecule has 0 aromatic heterocycles. The summed E-state index contributed by atoms with van der Waals surface area (Å²) in [4.78, 5) is 30.9. The number of esters is 2. The number of hydrogen-bond acceptors (Lipinski definition) is 11. The van der Waals surface area contributed by atoms with E-state index in [1.54, 1.807) is 45.6 Å². The molecule has 0 amide bonds. The van der Waals surface area contributed by atoms with Crippen molar-refractivity contribution < 1.29 is 48.2 Å². The maximum Gasteiger partial charge on any atom is 0.338 e. The van der Waals surface area contributed by atoms with Crippen molar-refractivity contribution in [2.24, 2.45) is 34.5 Å². The summed E-state index contributed by atoms with van der Waals surface area (Å²) >= 11 is 0. The van der Waals surface area contributed by atoms with E-state index >= 15 is 0 Å². The van der Waals surface area contributed by atoms with Gasteiger partial charge in [-0.2, -0.15) is 0 Å². The van der Waals surface area contributed by atoms with Crippen molar-refractivity contribution in [2.45, 2.75) is 164 Å². The molecule has 1 aromatic carbocycles. The maximum absolute atomic E-state index is 14.5. The van der Waals surface area contributed by atoms with E-state index < -0.39 is 64.8 Å². The molecule has 14 atom stereocenters. The van der Waals surface area contributed by atoms with E-state index in [4.69, 9.17) is 28.4 Å². The number of ether oxygens (including phenoxy) is 6. The fourth-order valence-electron chi connectivity index (χ4n) is 14.5. The van der Waals surface area contributed by atoms with E-state index in [2.05, 4.69) is 18.9 Å². The Bertz CT molecular complexity index is 1550. The van der Waals surface area contributed by atoms with Crippen molar-refractivity contribution in [3.05, 3.63) is 35.9 Å². The Hall–Kier alpha value is -2.12. The largest absolute Gasteiger partial charge is 0.455 e. The van der Waals surface area contributed by atoms with Crippen LogP contribution in [0.5, 0.6) is 0 Å². The monoisotopic (exact) mass is 812 g/mol. The Labute approximate surface area is 347 Å². The summed E-state index contributed by atoms with van der Waals surface area (Å²) in [5.74, 6) is -2.78. The van der Waals surface area contributed by atoms with Crippen molar-refractivity contribution >= 4 is 11.9 Å². The number of nitrogens with zero attached hydrogens (tertiary/aromatic N) is 1. The van der Waals surface area contributed by atoms with Crippen LogP contribution in [0.25, 0.3) is 0 Å². The lowest BCUT2D eigenvalue weighted by molar-refractivity contribution is -0.317. The summed E-state index contributed by atoms with van der Waals surface area (Å²) in [6, 6.07) is 8.53. The number of aliphatic hydroxyl groups excluding tert-OH is 1. The normalized spacial score (nSPS) is 40.8. The van der Waals surface area contributed by atoms with Gasteiger partial charge in [0, 0.05) is 76.0 Å². The SMILES string of the molecule is CCCCCCCCCCCCCCCC(=O)O[C@@]12[C@@H]3[C@@H](OC(=O)c4ccccc4)[C@@](O)(C[C@@H]3[C@@]34[C@@H](OC)CC[C@@]5(COC)CN(C)[C@@H]3[C@@H]1[C@H](OC)[C@H]54)[C@H](OC)[C@@H]2O. The highest BCUT2D eigenvalue weighted by Crippen LogP contribution is 2.80. The molecule has 0 unspecified atom stereocenters. The van der Waals surface area contributed by atoms with E-state index in [0.717, 1.165) is 38.6 Å². The van der Waals surface area contributed by atoms with Gasteiger partial charge in [-0.05, 0) is 50.8 Å². The van der Waals surface area contributed by atoms with E-state index in [1.165, 1.54) is 64.9 Å². The molecule has 5 aliphatic carbocycles. The molecular weight excluding hydrogens is 739 g/mol. The Balaban J connectivity index is 1.20. The van der Waals surface area contributed by atoms with Gasteiger partial charge in [-0.3, -0.25) is 4.79 Å². The smallest absolute Gasteiger partial charge is 0.338 e. The summed E-state index contributed by atoms with van der Waals surface area (Å²) in [5, 5.41) is 25.9. The minimum Gasteiger partial charge on any atom is -0.455 e. The zero-order chi connectivity index (χ0) is 41.3. The number of aliphatic hydroxyl groups is 2. The molecule has 7 bridgehead atoms. The Morgan fingerprint density at radius 1 is 0.828 bits per heavy atom. The molecule has 58 heavy (non-hydrogen) atoms. The number of methoxy groups -OCH3 is 4. The number of hydrogen-bond donors (Lipinski definition) is 2. The molecule has 0 radical (unpaired) electrons. The van der Waals surface area contributed by atoms with E-state index in [-0.39, 0.29) is 42.2 Å². The number of benzene rings is 1. The van der Waals surface area contributed by atoms with Gasteiger partial charge in [-0.1, -0.05) is 102 Å². The van der Waals surface area contributed by atoms with Gasteiger partial charge in [0.05, 0.1) is 24.4 Å². The van der Waals surface area contributed by atoms with E-state index in [9.17, 15) is 19.8 Å². The molecule has 1 spiro atoms. The molecule has 1 aromatic rings. The van der Waals surface area contributed by atoms with Crippen LogP contribution in [0.3, 0.4) is 0 Å². The minimum atomic E-state index is -1.77. The second kappa shape index (κ2) is 18.1. The highest BCUT2D eigenvalue weighted by molar-refractivity contribution is 5.89. The summed E-state index contributed by atoms with van der Waals surface area (Å²) in [5.41, 5.74) is -3.96. The van der Waals surface area contributed by atoms with Crippen LogP contribution in [0.15, 0.2) is 30.3 Å². The lowest BCUT2D eigenvalue weighted by atomic mass is 9.43. The van der Waals surface area contributed by atoms with Gasteiger partial charge >= 0.3 is 11.9 Å². The van der Waals surface area contributed by atoms with Crippen molar-refractivity contribution in [1.29, 1.82) is 0 Å². The molecule has 1 aliphatic heterocycles. The van der Waals surface area contributed by atoms with Crippen molar-refractivity contribution in [1.82, 2.24) is 4.90 Å². The first-order valence-corrected chi connectivity index (χ1v) is 22.7. The van der Waals surface area contributed by atoms with Crippen LogP contribution >= 0.6 is 0 Å². The number of carbonyl (C=O) groups excluding carboxylic acids is 2. The first-order chi connectivity index (χ1) is 28.1. The van der Waals surface area contributed by atoms with Gasteiger partial charge in [-0.15, -0.1) is 0 Å². The van der Waals surface area contributed by atoms with Crippen molar-refractivity contribution in [3.63, 3.8) is 0 Å². The fraction of sp³-hybridized carbons (Fsp3) is 0.830. The molecule has 2 N–H and O–H groups in total. The third-order valence-corrected chi connectivity index (χ3v) is 16.2. The number of likely N-dealkylation sites (tertiary alicyclic amines) is 1. The Morgan fingerprint density at radius 2 is 1.47 bits per heavy atom. The van der Waals surface area contributed by atoms with Crippen LogP contribution in [0.2, 0.25) is 0 Å². The summed E-state index contributed by atoms with van der Waals surface area (Å²) in [6.07, 6.45) is 13.1. The van der Waals surface area contributed by atoms with Crippen LogP contribution < -0.4 is 0 Å². The van der Waals surface area contributed by atoms with Crippen LogP contribution in [-0.4, -0.2) is 123 Å². The number of rotatable bonds is 22. The maximum atomic E-state index is 14.5. The molecule has 11 nitrogen and oxygen atoms in total. The van der Waals surface area contributed by atoms with Crippen LogP contribution in [0.4, 0.5) is 0 Å². The lowest BCUT2D eigenvalue weighted by Crippen LogP contribution is -2.80. The Kier molecular flexibility index (Phi) is 13.7. The molecular formula is C47H73NO10. The summed E-state index contributed by atoms with van der Waals surface area (Å²) in [7, 11) is 8.81. The average Bonchev–Trinajstić information content (AvgIpc) is 3.61. The molecule has 326 valence electrons. The second-order valence-electron chi connectivity index (χ2n) is 19.1. The number of fused-ring (bicyclic) bond motifs is 2. The minimum absolute atomic E-state index is 0.108. The number of piperidine rings is 1. The predicted molar refractivity (Wildman–Crippen MR) is 219 cm³/mol. The first kappa shape index (κ1) is 44.0. The van der Waals surface area contributed by atoms with Gasteiger partial charge in [0.25, 0.3) is 0 Å². The molecule has 1 saturated heterocycles. The lowest BCUT2D eigenvalue weighted by Gasteiger charge is -2.69. The number of unbranched alkanes of at least 4 members (excludes halogenated alkanes) is 12. The molecule has 6 aliphatic rings. The zero-order valence-corrected chi connectivity index (χ0v) is 36.2. The standard InChI is InChI=1S/C47H73NO10/c1-7-8-9-10-11-12-13-14-15-16-17-18-22-25-34(49)58-47-35-32(28-45(52,42(56-6)40(47)50)41(35)57-43(51)31-23-20-19-21-24-31)46-33(54-4)26-27-44(30-53-3)29-48(2)39(46)36(47)37(55-5)38(44)46/h19-21,23-24,32-33,35-42,50,52H,7-18,22,25-30H2,1-6H3/t32-,33-,35-,36-,37-,38+,39+,40-,41+,42+,44-,45-,46-,47-/m0/s1. The Morgan fingerprint density at radius 3 is 2.05 bits per heavy atom. The molecule has 5 saturated carbocycles. The van der Waals surface area contributed by atoms with Gasteiger partial charge < -0.3 is 43.5 Å². The molecule has 11 heteroatoms. The van der Waals surface area contributed by atoms with Crippen LogP contribution in [0, 0.1) is 34.5 Å². The van der Waals surface area contributed by atoms with E-state index in [0.29, 0.717) is 18.6 Å². The zero-order valence-electron chi connectivity index (χ0n) is 36.2. The summed E-state index contributed by atoms with van der Waals surface area (Å²) in [6.45, 7) is 3.50. The molecule has 6 fully saturated rings. The molecule has 7 rings (SSSR count). The van der Waals surface area contributed by atoms with Gasteiger partial charge in [0.2, 0.25) is 0 Å². The quantitative estimate of drug-likeness (QED) is 0.0953. The average molecular weight is 812 g/mol. The highest BCUT2D eigenvalue weighted by atomic mass is 16.6. The van der Waals surface area contributed by atoms with Gasteiger partial charge in [0.15, 0.2) is 5.60 Å². The third-order valence-electron chi connectivity index (χ3n) is 16.2. The topological polar surface area (TPSA) is 133 Å². The second-order valence-corrected chi connectivity index (χ2v) is 19.1. The third kappa shape index (κ3) is 6.89. The van der Waals surface area contributed by atoms with Gasteiger partial charge in [0.1, 0.15) is 23.9 Å².